The Morgan fingerprint density at radius 3 is 2.18 bits per heavy atom. The smallest absolute Gasteiger partial charge is 0.0589 e. The fraction of sp³-hybridized carbons (Fsp3) is 1.00. The van der Waals surface area contributed by atoms with Gasteiger partial charge in [0.05, 0.1) is 6.61 Å². The third-order valence-electron chi connectivity index (χ3n) is 4.27. The van der Waals surface area contributed by atoms with Crippen molar-refractivity contribution in [1.29, 1.82) is 0 Å². The van der Waals surface area contributed by atoms with Crippen molar-refractivity contribution in [2.45, 2.75) is 53.0 Å². The van der Waals surface area contributed by atoms with Crippen LogP contribution >= 0.6 is 0 Å². The molecule has 0 bridgehead atoms. The maximum Gasteiger partial charge on any atom is 0.0589 e. The zero-order valence-corrected chi connectivity index (χ0v) is 12.5. The highest BCUT2D eigenvalue weighted by atomic mass is 16.5. The van der Waals surface area contributed by atoms with Gasteiger partial charge >= 0.3 is 0 Å². The number of nitrogens with two attached hydrogens (primary N) is 1. The first-order valence-electron chi connectivity index (χ1n) is 7.02. The quantitative estimate of drug-likeness (QED) is 0.642. The summed E-state index contributed by atoms with van der Waals surface area (Å²) in [5.41, 5.74) is 6.26. The second-order valence-corrected chi connectivity index (χ2v) is 5.13. The molecule has 17 heavy (non-hydrogen) atoms. The molecule has 104 valence electrons. The highest BCUT2D eigenvalue weighted by molar-refractivity contribution is 4.83. The summed E-state index contributed by atoms with van der Waals surface area (Å²) >= 11 is 0. The van der Waals surface area contributed by atoms with E-state index in [9.17, 15) is 0 Å². The highest BCUT2D eigenvalue weighted by Gasteiger charge is 2.28. The van der Waals surface area contributed by atoms with Crippen LogP contribution in [-0.4, -0.2) is 44.3 Å². The van der Waals surface area contributed by atoms with Crippen molar-refractivity contribution in [2.24, 2.45) is 11.1 Å². The second-order valence-electron chi connectivity index (χ2n) is 5.13. The van der Waals surface area contributed by atoms with Crippen molar-refractivity contribution in [1.82, 2.24) is 4.90 Å². The van der Waals surface area contributed by atoms with Gasteiger partial charge in [-0.2, -0.15) is 0 Å². The Balaban J connectivity index is 4.57. The summed E-state index contributed by atoms with van der Waals surface area (Å²) in [4.78, 5) is 2.53. The summed E-state index contributed by atoms with van der Waals surface area (Å²) in [6.07, 6.45) is 3.48. The Bertz CT molecular complexity index is 173. The van der Waals surface area contributed by atoms with Gasteiger partial charge in [-0.25, -0.2) is 0 Å². The largest absolute Gasteiger partial charge is 0.383 e. The van der Waals surface area contributed by atoms with Crippen LogP contribution in [0.4, 0.5) is 0 Å². The molecule has 0 aromatic heterocycles. The Labute approximate surface area is 108 Å². The zero-order valence-electron chi connectivity index (χ0n) is 12.5. The first-order valence-corrected chi connectivity index (χ1v) is 7.02. The average Bonchev–Trinajstić information content (AvgIpc) is 2.39. The van der Waals surface area contributed by atoms with Gasteiger partial charge in [0.15, 0.2) is 0 Å². The Morgan fingerprint density at radius 1 is 1.24 bits per heavy atom. The molecule has 0 aromatic carbocycles. The van der Waals surface area contributed by atoms with Gasteiger partial charge in [0.1, 0.15) is 0 Å². The molecule has 3 heteroatoms. The lowest BCUT2D eigenvalue weighted by atomic mass is 9.81. The molecule has 0 saturated heterocycles. The molecule has 0 aromatic rings. The molecule has 0 heterocycles. The zero-order chi connectivity index (χ0) is 13.3. The van der Waals surface area contributed by atoms with Gasteiger partial charge < -0.3 is 10.5 Å². The van der Waals surface area contributed by atoms with Gasteiger partial charge in [0.2, 0.25) is 0 Å². The van der Waals surface area contributed by atoms with E-state index in [1.165, 1.54) is 6.42 Å². The van der Waals surface area contributed by atoms with Crippen LogP contribution in [0.3, 0.4) is 0 Å². The lowest BCUT2D eigenvalue weighted by Gasteiger charge is -2.39. The van der Waals surface area contributed by atoms with E-state index < -0.39 is 0 Å². The summed E-state index contributed by atoms with van der Waals surface area (Å²) in [5, 5.41) is 0. The van der Waals surface area contributed by atoms with E-state index in [2.05, 4.69) is 32.6 Å². The molecule has 2 N–H and O–H groups in total. The van der Waals surface area contributed by atoms with E-state index in [1.54, 1.807) is 7.11 Å². The van der Waals surface area contributed by atoms with Crippen LogP contribution in [0.2, 0.25) is 0 Å². The molecule has 3 nitrogen and oxygen atoms in total. The normalized spacial score (nSPS) is 14.3. The maximum absolute atomic E-state index is 5.99. The fourth-order valence-corrected chi connectivity index (χ4v) is 2.18. The van der Waals surface area contributed by atoms with Crippen LogP contribution in [0, 0.1) is 5.41 Å². The van der Waals surface area contributed by atoms with Crippen molar-refractivity contribution < 1.29 is 4.74 Å². The van der Waals surface area contributed by atoms with Crippen LogP contribution in [0.15, 0.2) is 0 Å². The molecule has 0 saturated carbocycles. The van der Waals surface area contributed by atoms with Crippen molar-refractivity contribution in [3.8, 4) is 0 Å². The third kappa shape index (κ3) is 5.36. The molecule has 0 aliphatic heterocycles. The Morgan fingerprint density at radius 2 is 1.82 bits per heavy atom. The molecule has 0 rings (SSSR count). The molecule has 1 unspecified atom stereocenters. The SMILES string of the molecule is CCC(C)N(CCOC)CC(CC)(CC)CN. The predicted molar refractivity (Wildman–Crippen MR) is 75.3 cm³/mol. The predicted octanol–water partition coefficient (Wildman–Crippen LogP) is 2.50. The molecule has 0 amide bonds. The minimum atomic E-state index is 0.275. The Hall–Kier alpha value is -0.120. The van der Waals surface area contributed by atoms with E-state index in [0.717, 1.165) is 39.1 Å². The van der Waals surface area contributed by atoms with Gasteiger partial charge in [0.25, 0.3) is 0 Å². The van der Waals surface area contributed by atoms with Gasteiger partial charge in [-0.3, -0.25) is 4.90 Å². The minimum absolute atomic E-state index is 0.275. The molecular weight excluding hydrogens is 212 g/mol. The summed E-state index contributed by atoms with van der Waals surface area (Å²) in [6.45, 7) is 12.7. The van der Waals surface area contributed by atoms with Gasteiger partial charge in [-0.05, 0) is 38.1 Å². The van der Waals surface area contributed by atoms with Crippen molar-refractivity contribution in [3.63, 3.8) is 0 Å². The number of hydrogen-bond donors (Lipinski definition) is 1. The topological polar surface area (TPSA) is 38.5 Å². The molecule has 1 atom stereocenters. The number of methoxy groups -OCH3 is 1. The lowest BCUT2D eigenvalue weighted by Crippen LogP contribution is -2.46. The summed E-state index contributed by atoms with van der Waals surface area (Å²) < 4.78 is 5.21. The molecule has 0 radical (unpaired) electrons. The Kier molecular flexibility index (Phi) is 8.83. The number of ether oxygens (including phenoxy) is 1. The van der Waals surface area contributed by atoms with E-state index in [0.29, 0.717) is 6.04 Å². The minimum Gasteiger partial charge on any atom is -0.383 e. The number of nitrogens with zero attached hydrogens (tertiary/aromatic N) is 1. The molecule has 0 aliphatic rings. The van der Waals surface area contributed by atoms with Crippen LogP contribution in [-0.2, 0) is 4.74 Å². The van der Waals surface area contributed by atoms with Gasteiger partial charge in [0, 0.05) is 26.2 Å². The van der Waals surface area contributed by atoms with Crippen LogP contribution < -0.4 is 5.73 Å². The monoisotopic (exact) mass is 244 g/mol. The first-order chi connectivity index (χ1) is 8.09. The van der Waals surface area contributed by atoms with Crippen LogP contribution in [0.5, 0.6) is 0 Å². The van der Waals surface area contributed by atoms with Crippen molar-refractivity contribution in [3.05, 3.63) is 0 Å². The third-order valence-corrected chi connectivity index (χ3v) is 4.27. The van der Waals surface area contributed by atoms with E-state index >= 15 is 0 Å². The van der Waals surface area contributed by atoms with Gasteiger partial charge in [-0.1, -0.05) is 20.8 Å². The van der Waals surface area contributed by atoms with Gasteiger partial charge in [-0.15, -0.1) is 0 Å². The second kappa shape index (κ2) is 8.90. The van der Waals surface area contributed by atoms with E-state index in [-0.39, 0.29) is 5.41 Å². The average molecular weight is 244 g/mol. The number of rotatable bonds is 10. The van der Waals surface area contributed by atoms with Crippen LogP contribution in [0.1, 0.15) is 47.0 Å². The van der Waals surface area contributed by atoms with Crippen LogP contribution in [0.25, 0.3) is 0 Å². The fourth-order valence-electron chi connectivity index (χ4n) is 2.18. The number of hydrogen-bond acceptors (Lipinski definition) is 3. The van der Waals surface area contributed by atoms with E-state index in [4.69, 9.17) is 10.5 Å². The maximum atomic E-state index is 5.99. The summed E-state index contributed by atoms with van der Waals surface area (Å²) in [5.74, 6) is 0. The van der Waals surface area contributed by atoms with Crippen molar-refractivity contribution >= 4 is 0 Å². The highest BCUT2D eigenvalue weighted by Crippen LogP contribution is 2.27. The summed E-state index contributed by atoms with van der Waals surface area (Å²) in [7, 11) is 1.77. The molecule has 0 spiro atoms. The van der Waals surface area contributed by atoms with E-state index in [1.807, 2.05) is 0 Å². The molecule has 0 fully saturated rings. The molecule has 0 aliphatic carbocycles. The summed E-state index contributed by atoms with van der Waals surface area (Å²) in [6, 6.07) is 0.606. The lowest BCUT2D eigenvalue weighted by molar-refractivity contribution is 0.0756. The molecular formula is C14H32N2O. The standard InChI is InChI=1S/C14H32N2O/c1-6-13(4)16(9-10-17-5)12-14(7-2,8-3)11-15/h13H,6-12,15H2,1-5H3. The first kappa shape index (κ1) is 16.9. The van der Waals surface area contributed by atoms with Crippen molar-refractivity contribution in [2.75, 3.05) is 33.4 Å².